The molecule has 0 radical (unpaired) electrons. The number of hydrogen-bond donors (Lipinski definition) is 1. The largest absolute Gasteiger partial charge is 0.460 e. The monoisotopic (exact) mass is 308 g/mol. The average molecular weight is 308 g/mol. The number of ether oxygens (including phenoxy) is 2. The van der Waals surface area contributed by atoms with E-state index in [0.29, 0.717) is 19.4 Å². The third-order valence-electron chi connectivity index (χ3n) is 3.55. The van der Waals surface area contributed by atoms with Crippen molar-refractivity contribution in [1.82, 2.24) is 0 Å². The van der Waals surface area contributed by atoms with E-state index in [0.717, 1.165) is 12.8 Å². The lowest BCUT2D eigenvalue weighted by Gasteiger charge is -2.18. The lowest BCUT2D eigenvalue weighted by atomic mass is 10.1. The maximum Gasteiger partial charge on any atom is 0.308 e. The molecule has 0 saturated heterocycles. The molecular weight excluding hydrogens is 280 g/mol. The van der Waals surface area contributed by atoms with Crippen molar-refractivity contribution in [3.05, 3.63) is 35.4 Å². The van der Waals surface area contributed by atoms with Gasteiger partial charge in [-0.1, -0.05) is 43.2 Å². The SMILES string of the molecule is CCCC(O)CC(=O)OC(CCc1ccc(C)cc1)COC. The highest BCUT2D eigenvalue weighted by Gasteiger charge is 2.17. The first-order valence-electron chi connectivity index (χ1n) is 7.97. The van der Waals surface area contributed by atoms with Crippen LogP contribution in [0.3, 0.4) is 0 Å². The summed E-state index contributed by atoms with van der Waals surface area (Å²) in [5.41, 5.74) is 2.45. The van der Waals surface area contributed by atoms with Crippen LogP contribution in [0.5, 0.6) is 0 Å². The summed E-state index contributed by atoms with van der Waals surface area (Å²) in [5.74, 6) is -0.355. The zero-order valence-electron chi connectivity index (χ0n) is 13.9. The second kappa shape index (κ2) is 10.4. The summed E-state index contributed by atoms with van der Waals surface area (Å²) >= 11 is 0. The van der Waals surface area contributed by atoms with E-state index in [9.17, 15) is 9.90 Å². The van der Waals surface area contributed by atoms with Gasteiger partial charge in [0.1, 0.15) is 6.10 Å². The van der Waals surface area contributed by atoms with Crippen LogP contribution < -0.4 is 0 Å². The van der Waals surface area contributed by atoms with E-state index in [1.165, 1.54) is 11.1 Å². The number of aryl methyl sites for hydroxylation is 2. The van der Waals surface area contributed by atoms with Crippen molar-refractivity contribution >= 4 is 5.97 Å². The number of aliphatic hydroxyl groups is 1. The number of carbonyl (C=O) groups excluding carboxylic acids is 1. The van der Waals surface area contributed by atoms with Crippen LogP contribution in [0.1, 0.15) is 43.7 Å². The highest BCUT2D eigenvalue weighted by molar-refractivity contribution is 5.70. The van der Waals surface area contributed by atoms with E-state index in [1.807, 2.05) is 6.92 Å². The van der Waals surface area contributed by atoms with Crippen molar-refractivity contribution in [1.29, 1.82) is 0 Å². The van der Waals surface area contributed by atoms with Crippen LogP contribution in [-0.4, -0.2) is 37.0 Å². The first-order valence-corrected chi connectivity index (χ1v) is 7.97. The first kappa shape index (κ1) is 18.7. The van der Waals surface area contributed by atoms with Gasteiger partial charge >= 0.3 is 5.97 Å². The smallest absolute Gasteiger partial charge is 0.308 e. The van der Waals surface area contributed by atoms with Gasteiger partial charge in [0.2, 0.25) is 0 Å². The molecule has 0 aliphatic rings. The molecule has 2 unspecified atom stereocenters. The molecular formula is C18H28O4. The highest BCUT2D eigenvalue weighted by Crippen LogP contribution is 2.11. The Bertz CT molecular complexity index is 427. The fourth-order valence-corrected chi connectivity index (χ4v) is 2.31. The summed E-state index contributed by atoms with van der Waals surface area (Å²) in [4.78, 5) is 11.8. The predicted molar refractivity (Wildman–Crippen MR) is 86.8 cm³/mol. The van der Waals surface area contributed by atoms with E-state index < -0.39 is 6.10 Å². The molecule has 0 bridgehead atoms. The number of aliphatic hydroxyl groups excluding tert-OH is 1. The second-order valence-corrected chi connectivity index (χ2v) is 5.74. The van der Waals surface area contributed by atoms with Crippen LogP contribution in [0.25, 0.3) is 0 Å². The third-order valence-corrected chi connectivity index (χ3v) is 3.55. The van der Waals surface area contributed by atoms with E-state index in [-0.39, 0.29) is 18.5 Å². The van der Waals surface area contributed by atoms with Crippen LogP contribution in [0.2, 0.25) is 0 Å². The van der Waals surface area contributed by atoms with Crippen molar-refractivity contribution < 1.29 is 19.4 Å². The van der Waals surface area contributed by atoms with Gasteiger partial charge < -0.3 is 14.6 Å². The number of methoxy groups -OCH3 is 1. The van der Waals surface area contributed by atoms with Gasteiger partial charge in [-0.15, -0.1) is 0 Å². The Morgan fingerprint density at radius 3 is 2.50 bits per heavy atom. The summed E-state index contributed by atoms with van der Waals surface area (Å²) < 4.78 is 10.6. The molecule has 0 aliphatic heterocycles. The van der Waals surface area contributed by atoms with Crippen molar-refractivity contribution in [2.75, 3.05) is 13.7 Å². The Labute approximate surface area is 133 Å². The van der Waals surface area contributed by atoms with E-state index >= 15 is 0 Å². The highest BCUT2D eigenvalue weighted by atomic mass is 16.6. The summed E-state index contributed by atoms with van der Waals surface area (Å²) in [6.45, 7) is 4.41. The zero-order chi connectivity index (χ0) is 16.4. The Kier molecular flexibility index (Phi) is 8.78. The number of carbonyl (C=O) groups is 1. The van der Waals surface area contributed by atoms with Crippen molar-refractivity contribution in [2.45, 2.75) is 58.2 Å². The molecule has 4 heteroatoms. The second-order valence-electron chi connectivity index (χ2n) is 5.74. The van der Waals surface area contributed by atoms with E-state index in [1.54, 1.807) is 7.11 Å². The molecule has 22 heavy (non-hydrogen) atoms. The Balaban J connectivity index is 2.43. The molecule has 1 aromatic rings. The molecule has 0 heterocycles. The molecule has 0 aliphatic carbocycles. The minimum absolute atomic E-state index is 0.0542. The molecule has 1 aromatic carbocycles. The van der Waals surface area contributed by atoms with Gasteiger partial charge in [0.15, 0.2) is 0 Å². The fourth-order valence-electron chi connectivity index (χ4n) is 2.31. The van der Waals surface area contributed by atoms with Crippen LogP contribution in [-0.2, 0) is 20.7 Å². The van der Waals surface area contributed by atoms with Gasteiger partial charge in [0.25, 0.3) is 0 Å². The maximum absolute atomic E-state index is 11.8. The van der Waals surface area contributed by atoms with Gasteiger partial charge in [0.05, 0.1) is 19.1 Å². The summed E-state index contributed by atoms with van der Waals surface area (Å²) in [5, 5.41) is 9.66. The van der Waals surface area contributed by atoms with Gasteiger partial charge in [-0.3, -0.25) is 4.79 Å². The van der Waals surface area contributed by atoms with Crippen LogP contribution in [0.4, 0.5) is 0 Å². The van der Waals surface area contributed by atoms with Gasteiger partial charge in [0, 0.05) is 7.11 Å². The molecule has 1 rings (SSSR count). The van der Waals surface area contributed by atoms with E-state index in [4.69, 9.17) is 9.47 Å². The molecule has 0 aromatic heterocycles. The van der Waals surface area contributed by atoms with Crippen LogP contribution in [0, 0.1) is 6.92 Å². The molecule has 4 nitrogen and oxygen atoms in total. The zero-order valence-corrected chi connectivity index (χ0v) is 13.9. The molecule has 2 atom stereocenters. The number of esters is 1. The maximum atomic E-state index is 11.8. The standard InChI is InChI=1S/C18H28O4/c1-4-5-16(19)12-18(20)22-17(13-21-3)11-10-15-8-6-14(2)7-9-15/h6-9,16-17,19H,4-5,10-13H2,1-3H3. The topological polar surface area (TPSA) is 55.8 Å². The predicted octanol–water partition coefficient (Wildman–Crippen LogP) is 3.04. The molecule has 0 fully saturated rings. The summed E-state index contributed by atoms with van der Waals surface area (Å²) in [6.07, 6.45) is 2.19. The third kappa shape index (κ3) is 7.57. The quantitative estimate of drug-likeness (QED) is 0.675. The van der Waals surface area contributed by atoms with Gasteiger partial charge in [-0.05, 0) is 31.7 Å². The first-order chi connectivity index (χ1) is 10.5. The van der Waals surface area contributed by atoms with Crippen LogP contribution in [0.15, 0.2) is 24.3 Å². The lowest BCUT2D eigenvalue weighted by Crippen LogP contribution is -2.26. The van der Waals surface area contributed by atoms with Crippen molar-refractivity contribution in [2.24, 2.45) is 0 Å². The molecule has 1 N–H and O–H groups in total. The number of hydrogen-bond acceptors (Lipinski definition) is 4. The van der Waals surface area contributed by atoms with Gasteiger partial charge in [-0.25, -0.2) is 0 Å². The molecule has 0 spiro atoms. The molecule has 0 saturated carbocycles. The summed E-state index contributed by atoms with van der Waals surface area (Å²) in [6, 6.07) is 8.33. The van der Waals surface area contributed by atoms with Crippen molar-refractivity contribution in [3.8, 4) is 0 Å². The number of rotatable bonds is 10. The Hall–Kier alpha value is -1.39. The fraction of sp³-hybridized carbons (Fsp3) is 0.611. The number of benzene rings is 1. The van der Waals surface area contributed by atoms with Gasteiger partial charge in [-0.2, -0.15) is 0 Å². The average Bonchev–Trinajstić information content (AvgIpc) is 2.46. The Morgan fingerprint density at radius 1 is 1.23 bits per heavy atom. The van der Waals surface area contributed by atoms with Crippen molar-refractivity contribution in [3.63, 3.8) is 0 Å². The minimum Gasteiger partial charge on any atom is -0.460 e. The summed E-state index contributed by atoms with van der Waals surface area (Å²) in [7, 11) is 1.60. The molecule has 0 amide bonds. The minimum atomic E-state index is -0.613. The van der Waals surface area contributed by atoms with E-state index in [2.05, 4.69) is 31.2 Å². The van der Waals surface area contributed by atoms with Crippen LogP contribution >= 0.6 is 0 Å². The molecule has 124 valence electrons. The normalized spacial score (nSPS) is 13.6. The Morgan fingerprint density at radius 2 is 1.91 bits per heavy atom. The lowest BCUT2D eigenvalue weighted by molar-refractivity contribution is -0.154.